The van der Waals surface area contributed by atoms with Gasteiger partial charge in [0.25, 0.3) is 0 Å². The van der Waals surface area contributed by atoms with Crippen LogP contribution in [0.15, 0.2) is 28.3 Å². The van der Waals surface area contributed by atoms with Crippen LogP contribution >= 0.6 is 27.3 Å². The number of nitrogens with one attached hydrogen (secondary N) is 1. The maximum atomic E-state index is 4.34. The smallest absolute Gasteiger partial charge is 0.203 e. The van der Waals surface area contributed by atoms with Gasteiger partial charge in [0.05, 0.1) is 6.54 Å². The number of halogens is 1. The summed E-state index contributed by atoms with van der Waals surface area (Å²) in [6.45, 7) is 0.847. The second-order valence-electron chi connectivity index (χ2n) is 3.97. The first-order chi connectivity index (χ1) is 7.83. The Kier molecular flexibility index (Phi) is 2.73. The second-order valence-corrected chi connectivity index (χ2v) is 5.89. The molecule has 0 spiro atoms. The van der Waals surface area contributed by atoms with Crippen LogP contribution in [-0.4, -0.2) is 9.55 Å². The van der Waals surface area contributed by atoms with E-state index in [9.17, 15) is 0 Å². The van der Waals surface area contributed by atoms with Gasteiger partial charge in [0.2, 0.25) is 5.95 Å². The molecule has 0 atom stereocenters. The van der Waals surface area contributed by atoms with E-state index in [1.807, 2.05) is 6.20 Å². The quantitative estimate of drug-likeness (QED) is 0.933. The minimum Gasteiger partial charge on any atom is -0.351 e. The van der Waals surface area contributed by atoms with Gasteiger partial charge in [-0.15, -0.1) is 11.3 Å². The van der Waals surface area contributed by atoms with Crippen LogP contribution in [0.4, 0.5) is 5.95 Å². The van der Waals surface area contributed by atoms with Crippen LogP contribution in [0.25, 0.3) is 0 Å². The van der Waals surface area contributed by atoms with E-state index in [0.717, 1.165) is 17.0 Å². The highest BCUT2D eigenvalue weighted by Crippen LogP contribution is 2.36. The third kappa shape index (κ3) is 2.15. The molecule has 84 valence electrons. The number of imidazole rings is 1. The van der Waals surface area contributed by atoms with E-state index in [2.05, 4.69) is 48.4 Å². The predicted molar refractivity (Wildman–Crippen MR) is 69.8 cm³/mol. The van der Waals surface area contributed by atoms with Gasteiger partial charge in [-0.3, -0.25) is 0 Å². The zero-order chi connectivity index (χ0) is 11.0. The number of hydrogen-bond acceptors (Lipinski definition) is 3. The van der Waals surface area contributed by atoms with Crippen molar-refractivity contribution in [3.8, 4) is 0 Å². The molecule has 0 aliphatic heterocycles. The van der Waals surface area contributed by atoms with Gasteiger partial charge in [-0.25, -0.2) is 4.98 Å². The summed E-state index contributed by atoms with van der Waals surface area (Å²) in [6, 6.07) is 2.82. The zero-order valence-corrected chi connectivity index (χ0v) is 11.1. The fourth-order valence-electron chi connectivity index (χ4n) is 1.71. The van der Waals surface area contributed by atoms with Crippen LogP contribution in [-0.2, 0) is 6.54 Å². The summed E-state index contributed by atoms with van der Waals surface area (Å²) in [5.41, 5.74) is 0. The first-order valence-electron chi connectivity index (χ1n) is 5.32. The third-order valence-corrected chi connectivity index (χ3v) is 4.35. The molecular weight excluding hydrogens is 286 g/mol. The van der Waals surface area contributed by atoms with Crippen LogP contribution in [0.5, 0.6) is 0 Å². The van der Waals surface area contributed by atoms with Crippen molar-refractivity contribution in [3.05, 3.63) is 33.2 Å². The lowest BCUT2D eigenvalue weighted by Crippen LogP contribution is -2.05. The Morgan fingerprint density at radius 2 is 2.44 bits per heavy atom. The van der Waals surface area contributed by atoms with E-state index < -0.39 is 0 Å². The van der Waals surface area contributed by atoms with Crippen LogP contribution in [0.2, 0.25) is 0 Å². The molecule has 2 aromatic heterocycles. The summed E-state index contributed by atoms with van der Waals surface area (Å²) in [6.07, 6.45) is 6.50. The minimum atomic E-state index is 0.681. The maximum absolute atomic E-state index is 4.34. The van der Waals surface area contributed by atoms with E-state index in [1.165, 1.54) is 17.7 Å². The first kappa shape index (κ1) is 10.4. The molecule has 1 aliphatic carbocycles. The number of hydrogen-bond donors (Lipinski definition) is 1. The summed E-state index contributed by atoms with van der Waals surface area (Å²) in [5.74, 6) is 0.993. The van der Waals surface area contributed by atoms with Crippen molar-refractivity contribution in [1.82, 2.24) is 9.55 Å². The van der Waals surface area contributed by atoms with Crippen molar-refractivity contribution in [2.45, 2.75) is 25.4 Å². The first-order valence-corrected chi connectivity index (χ1v) is 7.00. The van der Waals surface area contributed by atoms with Crippen molar-refractivity contribution in [2.24, 2.45) is 0 Å². The van der Waals surface area contributed by atoms with Crippen molar-refractivity contribution >= 4 is 33.2 Å². The molecule has 0 saturated heterocycles. The Balaban J connectivity index is 1.67. The molecule has 1 fully saturated rings. The second kappa shape index (κ2) is 4.22. The molecule has 0 radical (unpaired) electrons. The number of aromatic nitrogens is 2. The van der Waals surface area contributed by atoms with Gasteiger partial charge in [-0.05, 0) is 34.8 Å². The van der Waals surface area contributed by atoms with Gasteiger partial charge >= 0.3 is 0 Å². The Hall–Kier alpha value is -0.810. The van der Waals surface area contributed by atoms with E-state index in [-0.39, 0.29) is 0 Å². The fraction of sp³-hybridized carbons (Fsp3) is 0.364. The molecular formula is C11H12BrN3S. The number of rotatable bonds is 4. The van der Waals surface area contributed by atoms with Gasteiger partial charge in [-0.1, -0.05) is 0 Å². The summed E-state index contributed by atoms with van der Waals surface area (Å²) >= 11 is 5.22. The highest BCUT2D eigenvalue weighted by atomic mass is 79.9. The molecule has 5 heteroatoms. The molecule has 1 N–H and O–H groups in total. The largest absolute Gasteiger partial charge is 0.351 e. The lowest BCUT2D eigenvalue weighted by molar-refractivity contribution is 0.743. The SMILES string of the molecule is Brc1csc(CNc2nccn2C2CC2)c1. The Labute approximate surface area is 107 Å². The van der Waals surface area contributed by atoms with Gasteiger partial charge in [-0.2, -0.15) is 0 Å². The number of nitrogens with zero attached hydrogens (tertiary/aromatic N) is 2. The summed E-state index contributed by atoms with van der Waals surface area (Å²) < 4.78 is 3.39. The average Bonchev–Trinajstić information content (AvgIpc) is 2.86. The van der Waals surface area contributed by atoms with Gasteiger partial charge < -0.3 is 9.88 Å². The van der Waals surface area contributed by atoms with Gasteiger partial charge in [0.1, 0.15) is 0 Å². The van der Waals surface area contributed by atoms with Crippen molar-refractivity contribution < 1.29 is 0 Å². The molecule has 0 bridgehead atoms. The highest BCUT2D eigenvalue weighted by Gasteiger charge is 2.25. The van der Waals surface area contributed by atoms with Crippen molar-refractivity contribution in [2.75, 3.05) is 5.32 Å². The lowest BCUT2D eigenvalue weighted by Gasteiger charge is -2.07. The van der Waals surface area contributed by atoms with E-state index in [1.54, 1.807) is 11.3 Å². The molecule has 1 aliphatic rings. The predicted octanol–water partition coefficient (Wildman–Crippen LogP) is 3.65. The monoisotopic (exact) mass is 297 g/mol. The standard InChI is InChI=1S/C11H12BrN3S/c12-8-5-10(16-7-8)6-14-11-13-3-4-15(11)9-1-2-9/h3-5,7,9H,1-2,6H2,(H,13,14). The molecule has 2 heterocycles. The topological polar surface area (TPSA) is 29.9 Å². The normalized spacial score (nSPS) is 15.3. The molecule has 3 nitrogen and oxygen atoms in total. The minimum absolute atomic E-state index is 0.681. The number of thiophene rings is 1. The van der Waals surface area contributed by atoms with Crippen molar-refractivity contribution in [3.63, 3.8) is 0 Å². The molecule has 16 heavy (non-hydrogen) atoms. The van der Waals surface area contributed by atoms with Crippen LogP contribution in [0.1, 0.15) is 23.8 Å². The van der Waals surface area contributed by atoms with Crippen molar-refractivity contribution in [1.29, 1.82) is 0 Å². The molecule has 0 amide bonds. The maximum Gasteiger partial charge on any atom is 0.203 e. The van der Waals surface area contributed by atoms with Crippen LogP contribution in [0.3, 0.4) is 0 Å². The third-order valence-electron chi connectivity index (χ3n) is 2.65. The molecule has 1 saturated carbocycles. The molecule has 0 unspecified atom stereocenters. The number of anilines is 1. The van der Waals surface area contributed by atoms with Gasteiger partial charge in [0.15, 0.2) is 0 Å². The average molecular weight is 298 g/mol. The Morgan fingerprint density at radius 3 is 3.12 bits per heavy atom. The lowest BCUT2D eigenvalue weighted by atomic mass is 10.5. The van der Waals surface area contributed by atoms with E-state index in [4.69, 9.17) is 0 Å². The van der Waals surface area contributed by atoms with E-state index >= 15 is 0 Å². The van der Waals surface area contributed by atoms with Crippen LogP contribution < -0.4 is 5.32 Å². The van der Waals surface area contributed by atoms with Gasteiger partial charge in [0, 0.05) is 33.2 Å². The summed E-state index contributed by atoms with van der Waals surface area (Å²) in [7, 11) is 0. The molecule has 0 aromatic carbocycles. The molecule has 2 aromatic rings. The summed E-state index contributed by atoms with van der Waals surface area (Å²) in [4.78, 5) is 5.66. The molecule has 3 rings (SSSR count). The van der Waals surface area contributed by atoms with E-state index in [0.29, 0.717) is 6.04 Å². The highest BCUT2D eigenvalue weighted by molar-refractivity contribution is 9.10. The summed E-state index contributed by atoms with van der Waals surface area (Å²) in [5, 5.41) is 5.49. The fourth-order valence-corrected chi connectivity index (χ4v) is 3.10. The zero-order valence-electron chi connectivity index (χ0n) is 8.69. The van der Waals surface area contributed by atoms with Crippen LogP contribution in [0, 0.1) is 0 Å². The Bertz CT molecular complexity index is 487. The Morgan fingerprint density at radius 1 is 1.56 bits per heavy atom.